The molecule has 30 heavy (non-hydrogen) atoms. The Hall–Kier alpha value is -3.46. The Morgan fingerprint density at radius 3 is 2.80 bits per heavy atom. The van der Waals surface area contributed by atoms with E-state index in [1.54, 1.807) is 18.3 Å². The summed E-state index contributed by atoms with van der Waals surface area (Å²) in [4.78, 5) is 29.8. The van der Waals surface area contributed by atoms with Crippen LogP contribution in [0.4, 0.5) is 10.1 Å². The van der Waals surface area contributed by atoms with Crippen LogP contribution < -0.4 is 16.2 Å². The van der Waals surface area contributed by atoms with E-state index in [9.17, 15) is 19.1 Å². The second kappa shape index (κ2) is 8.11. The topological polar surface area (TPSA) is 116 Å². The number of aromatic nitrogens is 2. The number of carbonyl (C=O) groups is 1. The zero-order valence-corrected chi connectivity index (χ0v) is 16.1. The molecule has 4 rings (SSSR count). The van der Waals surface area contributed by atoms with Crippen LogP contribution in [0.5, 0.6) is 5.75 Å². The lowest BCUT2D eigenvalue weighted by atomic mass is 10.0. The van der Waals surface area contributed by atoms with E-state index < -0.39 is 17.2 Å². The van der Waals surface area contributed by atoms with Gasteiger partial charge in [-0.3, -0.25) is 14.6 Å². The van der Waals surface area contributed by atoms with Crippen molar-refractivity contribution in [3.05, 3.63) is 63.3 Å². The Morgan fingerprint density at radius 1 is 1.30 bits per heavy atom. The molecule has 2 aromatic heterocycles. The maximum Gasteiger partial charge on any atom is 0.267 e. The Morgan fingerprint density at radius 2 is 2.07 bits per heavy atom. The largest absolute Gasteiger partial charge is 0.505 e. The molecular weight excluding hydrogens is 391 g/mol. The maximum absolute atomic E-state index is 13.2. The standard InChI is InChI=1S/C21H21FN4O4/c22-14-4-2-12(3-5-14)10-13-11-25-17-18-16(13)23-6-1-8-26(18)21(30)15(19(17)28)20(29)24-7-9-27/h2-5,11,23,27-28H,1,6-10H2,(H,24,29). The summed E-state index contributed by atoms with van der Waals surface area (Å²) in [6.45, 7) is 0.640. The van der Waals surface area contributed by atoms with E-state index in [0.29, 0.717) is 37.1 Å². The number of aromatic hydroxyl groups is 1. The molecule has 9 heteroatoms. The fraction of sp³-hybridized carbons (Fsp3) is 0.286. The van der Waals surface area contributed by atoms with Crippen molar-refractivity contribution in [1.82, 2.24) is 14.9 Å². The van der Waals surface area contributed by atoms with E-state index in [2.05, 4.69) is 15.6 Å². The van der Waals surface area contributed by atoms with Crippen LogP contribution in [-0.2, 0) is 13.0 Å². The number of aliphatic hydroxyl groups excluding tert-OH is 1. The third-order valence-corrected chi connectivity index (χ3v) is 5.11. The predicted molar refractivity (Wildman–Crippen MR) is 109 cm³/mol. The quantitative estimate of drug-likeness (QED) is 0.503. The maximum atomic E-state index is 13.2. The molecule has 8 nitrogen and oxygen atoms in total. The first-order chi connectivity index (χ1) is 14.5. The molecule has 0 aliphatic carbocycles. The number of hydrogen-bond acceptors (Lipinski definition) is 6. The zero-order chi connectivity index (χ0) is 21.3. The van der Waals surface area contributed by atoms with Gasteiger partial charge in [-0.25, -0.2) is 4.39 Å². The van der Waals surface area contributed by atoms with Crippen LogP contribution >= 0.6 is 0 Å². The lowest BCUT2D eigenvalue weighted by Gasteiger charge is -2.17. The van der Waals surface area contributed by atoms with E-state index in [-0.39, 0.29) is 30.0 Å². The molecule has 4 N–H and O–H groups in total. The van der Waals surface area contributed by atoms with Crippen LogP contribution in [0.3, 0.4) is 0 Å². The van der Waals surface area contributed by atoms with Crippen molar-refractivity contribution < 1.29 is 19.4 Å². The Labute approximate surface area is 171 Å². The van der Waals surface area contributed by atoms with Crippen molar-refractivity contribution in [2.24, 2.45) is 0 Å². The molecule has 0 fully saturated rings. The number of aryl methyl sites for hydroxylation is 1. The lowest BCUT2D eigenvalue weighted by molar-refractivity contribution is 0.0940. The van der Waals surface area contributed by atoms with Gasteiger partial charge in [0.25, 0.3) is 11.5 Å². The molecule has 1 aliphatic rings. The molecule has 0 bridgehead atoms. The number of benzene rings is 1. The van der Waals surface area contributed by atoms with Gasteiger partial charge in [0.1, 0.15) is 16.9 Å². The third kappa shape index (κ3) is 3.48. The molecule has 0 radical (unpaired) electrons. The monoisotopic (exact) mass is 412 g/mol. The minimum absolute atomic E-state index is 0.0351. The minimum Gasteiger partial charge on any atom is -0.505 e. The van der Waals surface area contributed by atoms with Crippen LogP contribution in [0.15, 0.2) is 35.3 Å². The minimum atomic E-state index is -0.756. The van der Waals surface area contributed by atoms with Crippen molar-refractivity contribution in [2.45, 2.75) is 19.4 Å². The predicted octanol–water partition coefficient (Wildman–Crippen LogP) is 1.37. The van der Waals surface area contributed by atoms with Gasteiger partial charge in [0.2, 0.25) is 0 Å². The van der Waals surface area contributed by atoms with Crippen LogP contribution in [0.2, 0.25) is 0 Å². The summed E-state index contributed by atoms with van der Waals surface area (Å²) in [5.74, 6) is -1.56. The van der Waals surface area contributed by atoms with Gasteiger partial charge < -0.3 is 25.4 Å². The van der Waals surface area contributed by atoms with Gasteiger partial charge in [0, 0.05) is 37.8 Å². The normalized spacial score (nSPS) is 13.0. The summed E-state index contributed by atoms with van der Waals surface area (Å²) in [7, 11) is 0. The van der Waals surface area contributed by atoms with Gasteiger partial charge in [0.15, 0.2) is 5.75 Å². The first-order valence-corrected chi connectivity index (χ1v) is 9.66. The molecule has 0 atom stereocenters. The molecule has 3 heterocycles. The highest BCUT2D eigenvalue weighted by Gasteiger charge is 2.26. The molecule has 0 saturated heterocycles. The summed E-state index contributed by atoms with van der Waals surface area (Å²) in [5, 5.41) is 25.3. The SMILES string of the molecule is O=C(NCCO)c1c(O)c2ncc(Cc3ccc(F)cc3)c3c2n(c1=O)CCCN3. The second-order valence-electron chi connectivity index (χ2n) is 7.10. The summed E-state index contributed by atoms with van der Waals surface area (Å²) in [6.07, 6.45) is 2.69. The first kappa shape index (κ1) is 19.8. The fourth-order valence-electron chi connectivity index (χ4n) is 3.71. The number of pyridine rings is 2. The van der Waals surface area contributed by atoms with Crippen molar-refractivity contribution >= 4 is 22.6 Å². The fourth-order valence-corrected chi connectivity index (χ4v) is 3.71. The number of hydrogen-bond donors (Lipinski definition) is 4. The van der Waals surface area contributed by atoms with Crippen LogP contribution in [0.25, 0.3) is 11.0 Å². The number of nitrogens with zero attached hydrogens (tertiary/aromatic N) is 2. The highest BCUT2D eigenvalue weighted by Crippen LogP contribution is 2.34. The Balaban J connectivity index is 1.89. The van der Waals surface area contributed by atoms with Gasteiger partial charge in [-0.15, -0.1) is 0 Å². The van der Waals surface area contributed by atoms with Crippen molar-refractivity contribution in [3.8, 4) is 5.75 Å². The Kier molecular flexibility index (Phi) is 5.37. The first-order valence-electron chi connectivity index (χ1n) is 9.66. The highest BCUT2D eigenvalue weighted by molar-refractivity contribution is 6.03. The smallest absolute Gasteiger partial charge is 0.267 e. The zero-order valence-electron chi connectivity index (χ0n) is 16.1. The lowest BCUT2D eigenvalue weighted by Crippen LogP contribution is -2.34. The van der Waals surface area contributed by atoms with Crippen LogP contribution in [-0.4, -0.2) is 45.4 Å². The summed E-state index contributed by atoms with van der Waals surface area (Å²) >= 11 is 0. The summed E-state index contributed by atoms with van der Waals surface area (Å²) in [5.41, 5.74) is 1.92. The number of rotatable bonds is 5. The van der Waals surface area contributed by atoms with E-state index in [1.807, 2.05) is 0 Å². The van der Waals surface area contributed by atoms with Gasteiger partial charge in [-0.2, -0.15) is 0 Å². The van der Waals surface area contributed by atoms with E-state index in [1.165, 1.54) is 16.7 Å². The van der Waals surface area contributed by atoms with Crippen molar-refractivity contribution in [2.75, 3.05) is 25.0 Å². The molecule has 0 unspecified atom stereocenters. The molecule has 0 saturated carbocycles. The number of amides is 1. The number of nitrogens with one attached hydrogen (secondary N) is 2. The molecule has 3 aromatic rings. The molecule has 1 aliphatic heterocycles. The van der Waals surface area contributed by atoms with Gasteiger partial charge >= 0.3 is 0 Å². The second-order valence-corrected chi connectivity index (χ2v) is 7.10. The van der Waals surface area contributed by atoms with Crippen LogP contribution in [0, 0.1) is 5.82 Å². The summed E-state index contributed by atoms with van der Waals surface area (Å²) < 4.78 is 14.7. The summed E-state index contributed by atoms with van der Waals surface area (Å²) in [6, 6.07) is 6.13. The molecule has 1 amide bonds. The molecule has 156 valence electrons. The number of aliphatic hydroxyl groups is 1. The molecule has 0 spiro atoms. The molecular formula is C21H21FN4O4. The van der Waals surface area contributed by atoms with Gasteiger partial charge in [-0.1, -0.05) is 12.1 Å². The van der Waals surface area contributed by atoms with E-state index in [4.69, 9.17) is 5.11 Å². The third-order valence-electron chi connectivity index (χ3n) is 5.11. The number of anilines is 1. The van der Waals surface area contributed by atoms with Crippen LogP contribution in [0.1, 0.15) is 27.9 Å². The number of halogens is 1. The van der Waals surface area contributed by atoms with Gasteiger partial charge in [0.05, 0.1) is 17.8 Å². The van der Waals surface area contributed by atoms with Gasteiger partial charge in [-0.05, 0) is 24.1 Å². The van der Waals surface area contributed by atoms with Crippen molar-refractivity contribution in [3.63, 3.8) is 0 Å². The number of carbonyl (C=O) groups excluding carboxylic acids is 1. The van der Waals surface area contributed by atoms with E-state index in [0.717, 1.165) is 11.1 Å². The average molecular weight is 412 g/mol. The average Bonchev–Trinajstić information content (AvgIpc) is 2.97. The van der Waals surface area contributed by atoms with E-state index >= 15 is 0 Å². The molecule has 1 aromatic carbocycles. The van der Waals surface area contributed by atoms with Crippen molar-refractivity contribution in [1.29, 1.82) is 0 Å². The Bertz CT molecular complexity index is 1170. The highest BCUT2D eigenvalue weighted by atomic mass is 19.1.